The average Bonchev–Trinajstić information content (AvgIpc) is 3.17. The molecule has 1 aromatic heterocycles. The Hall–Kier alpha value is -3.82. The number of carbonyl (C=O) groups is 2. The quantitative estimate of drug-likeness (QED) is 0.558. The fraction of sp³-hybridized carbons (Fsp3) is 0.273. The van der Waals surface area contributed by atoms with Gasteiger partial charge in [0.1, 0.15) is 17.2 Å². The molecule has 0 saturated carbocycles. The van der Waals surface area contributed by atoms with E-state index in [-0.39, 0.29) is 41.7 Å². The summed E-state index contributed by atoms with van der Waals surface area (Å²) in [6.45, 7) is 5.12. The third-order valence-corrected chi connectivity index (χ3v) is 4.03. The molecule has 0 unspecified atom stereocenters. The van der Waals surface area contributed by atoms with Crippen molar-refractivity contribution in [2.24, 2.45) is 0 Å². The molecule has 3 rings (SSSR count). The monoisotopic (exact) mass is 444 g/mol. The number of hydrogen-bond acceptors (Lipinski definition) is 6. The van der Waals surface area contributed by atoms with Crippen molar-refractivity contribution >= 4 is 23.4 Å². The predicted molar refractivity (Wildman–Crippen MR) is 113 cm³/mol. The van der Waals surface area contributed by atoms with Gasteiger partial charge in [-0.15, -0.1) is 0 Å². The lowest BCUT2D eigenvalue weighted by Gasteiger charge is -2.20. The van der Waals surface area contributed by atoms with Gasteiger partial charge in [-0.05, 0) is 63.2 Å². The Morgan fingerprint density at radius 2 is 1.69 bits per heavy atom. The van der Waals surface area contributed by atoms with E-state index in [1.165, 1.54) is 30.3 Å². The molecule has 0 atom stereocenters. The number of aromatic nitrogens is 2. The number of halogens is 2. The van der Waals surface area contributed by atoms with Crippen LogP contribution in [0.3, 0.4) is 0 Å². The highest BCUT2D eigenvalue weighted by Gasteiger charge is 2.18. The Bertz CT molecular complexity index is 1110. The van der Waals surface area contributed by atoms with Gasteiger partial charge in [-0.1, -0.05) is 5.16 Å². The number of nitrogens with one attached hydrogen (secondary N) is 2. The first kappa shape index (κ1) is 22.9. The highest BCUT2D eigenvalue weighted by molar-refractivity contribution is 5.97. The van der Waals surface area contributed by atoms with E-state index in [1.54, 1.807) is 20.8 Å². The van der Waals surface area contributed by atoms with Gasteiger partial charge in [-0.25, -0.2) is 13.6 Å². The van der Waals surface area contributed by atoms with Crippen LogP contribution in [0.1, 0.15) is 33.1 Å². The van der Waals surface area contributed by atoms with Crippen molar-refractivity contribution in [1.82, 2.24) is 10.1 Å². The van der Waals surface area contributed by atoms with E-state index in [1.807, 2.05) is 0 Å². The van der Waals surface area contributed by atoms with E-state index in [2.05, 4.69) is 20.8 Å². The molecule has 0 saturated heterocycles. The normalized spacial score (nSPS) is 11.2. The largest absolute Gasteiger partial charge is 0.444 e. The minimum atomic E-state index is -0.737. The van der Waals surface area contributed by atoms with Crippen LogP contribution in [0.4, 0.5) is 25.0 Å². The number of ether oxygens (including phenoxy) is 1. The molecule has 10 heteroatoms. The fourth-order valence-electron chi connectivity index (χ4n) is 2.65. The van der Waals surface area contributed by atoms with E-state index < -0.39 is 23.4 Å². The molecule has 0 aliphatic rings. The molecule has 1 heterocycles. The summed E-state index contributed by atoms with van der Waals surface area (Å²) >= 11 is 0. The van der Waals surface area contributed by atoms with Gasteiger partial charge in [-0.2, -0.15) is 4.98 Å². The highest BCUT2D eigenvalue weighted by atomic mass is 19.1. The molecule has 0 bridgehead atoms. The van der Waals surface area contributed by atoms with Crippen molar-refractivity contribution in [3.8, 4) is 11.4 Å². The molecular weight excluding hydrogens is 422 g/mol. The molecule has 0 fully saturated rings. The molecular formula is C22H22F2N4O4. The topological polar surface area (TPSA) is 106 Å². The van der Waals surface area contributed by atoms with Crippen molar-refractivity contribution in [1.29, 1.82) is 0 Å². The number of anilines is 2. The van der Waals surface area contributed by atoms with Gasteiger partial charge < -0.3 is 14.6 Å². The third-order valence-electron chi connectivity index (χ3n) is 4.03. The number of nitrogens with zero attached hydrogens (tertiary/aromatic N) is 2. The Morgan fingerprint density at radius 1 is 1.00 bits per heavy atom. The molecule has 2 amide bonds. The number of rotatable bonds is 6. The summed E-state index contributed by atoms with van der Waals surface area (Å²) in [6.07, 6.45) is -0.642. The first-order valence-corrected chi connectivity index (χ1v) is 9.77. The van der Waals surface area contributed by atoms with Gasteiger partial charge in [0, 0.05) is 18.4 Å². The van der Waals surface area contributed by atoms with Crippen LogP contribution < -0.4 is 10.6 Å². The van der Waals surface area contributed by atoms with Crippen molar-refractivity contribution in [3.05, 3.63) is 60.0 Å². The van der Waals surface area contributed by atoms with Crippen LogP contribution in [0.2, 0.25) is 0 Å². The van der Waals surface area contributed by atoms with Gasteiger partial charge in [0.25, 0.3) is 0 Å². The van der Waals surface area contributed by atoms with Crippen molar-refractivity contribution in [3.63, 3.8) is 0 Å². The predicted octanol–water partition coefficient (Wildman–Crippen LogP) is 4.93. The summed E-state index contributed by atoms with van der Waals surface area (Å²) in [7, 11) is 0. The van der Waals surface area contributed by atoms with Crippen molar-refractivity contribution in [2.45, 2.75) is 39.2 Å². The fourth-order valence-corrected chi connectivity index (χ4v) is 2.65. The van der Waals surface area contributed by atoms with E-state index in [0.717, 1.165) is 12.1 Å². The molecule has 32 heavy (non-hydrogen) atoms. The van der Waals surface area contributed by atoms with Crippen LogP contribution >= 0.6 is 0 Å². The molecule has 0 aliphatic heterocycles. The molecule has 3 aromatic rings. The van der Waals surface area contributed by atoms with Crippen LogP contribution in [-0.2, 0) is 16.0 Å². The van der Waals surface area contributed by atoms with Gasteiger partial charge in [-0.3, -0.25) is 10.1 Å². The Labute approximate surface area is 183 Å². The molecule has 0 spiro atoms. The zero-order valence-corrected chi connectivity index (χ0v) is 17.7. The maximum absolute atomic E-state index is 13.7. The second kappa shape index (κ2) is 9.54. The van der Waals surface area contributed by atoms with Crippen LogP contribution in [0.25, 0.3) is 11.4 Å². The maximum Gasteiger partial charge on any atom is 0.412 e. The summed E-state index contributed by atoms with van der Waals surface area (Å²) in [5.74, 6) is -0.938. The lowest BCUT2D eigenvalue weighted by molar-refractivity contribution is -0.116. The van der Waals surface area contributed by atoms with Gasteiger partial charge >= 0.3 is 6.09 Å². The Kier molecular flexibility index (Phi) is 6.82. The molecule has 168 valence electrons. The van der Waals surface area contributed by atoms with Gasteiger partial charge in [0.15, 0.2) is 0 Å². The van der Waals surface area contributed by atoms with E-state index in [9.17, 15) is 18.4 Å². The summed E-state index contributed by atoms with van der Waals surface area (Å²) in [4.78, 5) is 28.6. The lowest BCUT2D eigenvalue weighted by Crippen LogP contribution is -2.27. The van der Waals surface area contributed by atoms with E-state index >= 15 is 0 Å². The number of amides is 2. The highest BCUT2D eigenvalue weighted by Crippen LogP contribution is 2.24. The number of hydrogen-bond donors (Lipinski definition) is 2. The maximum atomic E-state index is 13.7. The minimum Gasteiger partial charge on any atom is -0.444 e. The smallest absolute Gasteiger partial charge is 0.412 e. The minimum absolute atomic E-state index is 0.0343. The summed E-state index contributed by atoms with van der Waals surface area (Å²) in [5, 5.41) is 8.86. The van der Waals surface area contributed by atoms with Crippen molar-refractivity contribution < 1.29 is 27.6 Å². The Balaban J connectivity index is 1.61. The van der Waals surface area contributed by atoms with Crippen LogP contribution in [0.15, 0.2) is 47.0 Å². The van der Waals surface area contributed by atoms with Crippen LogP contribution in [0, 0.1) is 11.6 Å². The lowest BCUT2D eigenvalue weighted by atomic mass is 10.2. The van der Waals surface area contributed by atoms with Crippen LogP contribution in [0.5, 0.6) is 0 Å². The third kappa shape index (κ3) is 6.59. The number of carbonyl (C=O) groups excluding carboxylic acids is 2. The average molecular weight is 444 g/mol. The summed E-state index contributed by atoms with van der Waals surface area (Å²) < 4.78 is 37.0. The van der Waals surface area contributed by atoms with Gasteiger partial charge in [0.05, 0.1) is 11.4 Å². The zero-order chi connectivity index (χ0) is 23.3. The van der Waals surface area contributed by atoms with E-state index in [4.69, 9.17) is 9.26 Å². The molecule has 2 aromatic carbocycles. The SMILES string of the molecule is CC(C)(C)OC(=O)Nc1ccc(F)cc1NC(=O)CCc1nc(-c2ccc(F)cc2)no1. The Morgan fingerprint density at radius 3 is 2.38 bits per heavy atom. The zero-order valence-electron chi connectivity index (χ0n) is 17.7. The summed E-state index contributed by atoms with van der Waals surface area (Å²) in [6, 6.07) is 9.14. The molecule has 8 nitrogen and oxygen atoms in total. The number of aryl methyl sites for hydroxylation is 1. The van der Waals surface area contributed by atoms with Gasteiger partial charge in [0.2, 0.25) is 17.6 Å². The van der Waals surface area contributed by atoms with Crippen LogP contribution in [-0.4, -0.2) is 27.7 Å². The first-order chi connectivity index (χ1) is 15.1. The first-order valence-electron chi connectivity index (χ1n) is 9.77. The second-order valence-electron chi connectivity index (χ2n) is 7.88. The molecule has 2 N–H and O–H groups in total. The summed E-state index contributed by atoms with van der Waals surface area (Å²) in [5.41, 5.74) is 0.122. The number of benzene rings is 2. The van der Waals surface area contributed by atoms with Crippen molar-refractivity contribution in [2.75, 3.05) is 10.6 Å². The molecule has 0 aliphatic carbocycles. The molecule has 0 radical (unpaired) electrons. The standard InChI is InChI=1S/C22H22F2N4O4/c1-22(2,3)31-21(30)26-16-9-8-15(24)12-17(16)25-18(29)10-11-19-27-20(28-32-19)13-4-6-14(23)7-5-13/h4-9,12H,10-11H2,1-3H3,(H,25,29)(H,26,30). The van der Waals surface area contributed by atoms with E-state index in [0.29, 0.717) is 5.56 Å². The second-order valence-corrected chi connectivity index (χ2v) is 7.88.